The molecule has 0 atom stereocenters. The third-order valence-electron chi connectivity index (χ3n) is 5.29. The summed E-state index contributed by atoms with van der Waals surface area (Å²) in [5.74, 6) is 1.30. The smallest absolute Gasteiger partial charge is 0.264 e. The van der Waals surface area contributed by atoms with Gasteiger partial charge in [-0.2, -0.15) is 5.10 Å². The number of hydrogen-bond donors (Lipinski definition) is 1. The number of hydrogen-bond acceptors (Lipinski definition) is 6. The molecular weight excluding hydrogens is 502 g/mol. The molecule has 0 saturated heterocycles. The SMILES string of the molecule is CCOc1ccc(N(CC(=O)N/N=C\c2cccc(Oc3ccccc3)c2)S(=O)(=O)c2ccccc2)cc1. The van der Waals surface area contributed by atoms with Crippen LogP contribution >= 0.6 is 0 Å². The molecule has 9 heteroatoms. The predicted octanol–water partition coefficient (Wildman–Crippen LogP) is 5.22. The first-order valence-electron chi connectivity index (χ1n) is 11.9. The van der Waals surface area contributed by atoms with Crippen molar-refractivity contribution in [1.82, 2.24) is 5.43 Å². The lowest BCUT2D eigenvalue weighted by molar-refractivity contribution is -0.119. The Kier molecular flexibility index (Phi) is 8.73. The topological polar surface area (TPSA) is 97.3 Å². The third kappa shape index (κ3) is 6.98. The number of para-hydroxylation sites is 1. The fourth-order valence-corrected chi connectivity index (χ4v) is 4.98. The van der Waals surface area contributed by atoms with Crippen LogP contribution in [0.2, 0.25) is 0 Å². The highest BCUT2D eigenvalue weighted by Gasteiger charge is 2.27. The monoisotopic (exact) mass is 529 g/mol. The Morgan fingerprint density at radius 3 is 2.18 bits per heavy atom. The predicted molar refractivity (Wildman–Crippen MR) is 147 cm³/mol. The van der Waals surface area contributed by atoms with E-state index in [1.807, 2.05) is 49.4 Å². The number of nitrogens with one attached hydrogen (secondary N) is 1. The zero-order valence-corrected chi connectivity index (χ0v) is 21.5. The minimum absolute atomic E-state index is 0.0698. The second-order valence-corrected chi connectivity index (χ2v) is 9.89. The lowest BCUT2D eigenvalue weighted by Crippen LogP contribution is -2.39. The van der Waals surface area contributed by atoms with Gasteiger partial charge in [0.1, 0.15) is 23.8 Å². The van der Waals surface area contributed by atoms with Crippen LogP contribution in [0.3, 0.4) is 0 Å². The van der Waals surface area contributed by atoms with Crippen LogP contribution in [-0.2, 0) is 14.8 Å². The zero-order chi connectivity index (χ0) is 26.8. The molecule has 0 unspecified atom stereocenters. The lowest BCUT2D eigenvalue weighted by atomic mass is 10.2. The maximum atomic E-state index is 13.4. The van der Waals surface area contributed by atoms with Crippen LogP contribution in [0, 0.1) is 0 Å². The van der Waals surface area contributed by atoms with E-state index in [0.29, 0.717) is 35.1 Å². The number of hydrazone groups is 1. The molecule has 0 bridgehead atoms. The van der Waals surface area contributed by atoms with Crippen molar-refractivity contribution in [2.45, 2.75) is 11.8 Å². The van der Waals surface area contributed by atoms with E-state index in [-0.39, 0.29) is 4.90 Å². The van der Waals surface area contributed by atoms with Crippen molar-refractivity contribution in [2.24, 2.45) is 5.10 Å². The van der Waals surface area contributed by atoms with Crippen LogP contribution in [0.25, 0.3) is 0 Å². The van der Waals surface area contributed by atoms with Crippen molar-refractivity contribution in [3.63, 3.8) is 0 Å². The number of sulfonamides is 1. The molecule has 0 aliphatic rings. The van der Waals surface area contributed by atoms with Crippen LogP contribution in [0.15, 0.2) is 119 Å². The molecule has 4 aromatic carbocycles. The highest BCUT2D eigenvalue weighted by atomic mass is 32.2. The van der Waals surface area contributed by atoms with Crippen molar-refractivity contribution >= 4 is 27.8 Å². The third-order valence-corrected chi connectivity index (χ3v) is 7.08. The number of anilines is 1. The number of amides is 1. The van der Waals surface area contributed by atoms with E-state index in [1.54, 1.807) is 54.6 Å². The maximum absolute atomic E-state index is 13.4. The molecule has 0 heterocycles. The molecule has 1 N–H and O–H groups in total. The van der Waals surface area contributed by atoms with E-state index >= 15 is 0 Å². The first kappa shape index (κ1) is 26.4. The van der Waals surface area contributed by atoms with Gasteiger partial charge in [0.05, 0.1) is 23.4 Å². The van der Waals surface area contributed by atoms with Crippen molar-refractivity contribution in [2.75, 3.05) is 17.5 Å². The van der Waals surface area contributed by atoms with E-state index in [0.717, 1.165) is 4.31 Å². The molecule has 0 spiro atoms. The minimum Gasteiger partial charge on any atom is -0.494 e. The Bertz CT molecular complexity index is 1480. The summed E-state index contributed by atoms with van der Waals surface area (Å²) in [5, 5.41) is 4.01. The molecule has 0 aliphatic carbocycles. The van der Waals surface area contributed by atoms with Crippen molar-refractivity contribution in [3.8, 4) is 17.2 Å². The van der Waals surface area contributed by atoms with E-state index in [4.69, 9.17) is 9.47 Å². The van der Waals surface area contributed by atoms with Gasteiger partial charge in [-0.1, -0.05) is 48.5 Å². The number of ether oxygens (including phenoxy) is 2. The Hall–Kier alpha value is -4.63. The highest BCUT2D eigenvalue weighted by molar-refractivity contribution is 7.92. The molecule has 4 aromatic rings. The summed E-state index contributed by atoms with van der Waals surface area (Å²) in [5.41, 5.74) is 3.43. The van der Waals surface area contributed by atoms with E-state index in [2.05, 4.69) is 10.5 Å². The standard InChI is InChI=1S/C29H27N3O5S/c1-2-36-25-18-16-24(17-19-25)32(38(34,35)28-14-7-4-8-15-28)22-29(33)31-30-21-23-10-9-13-27(20-23)37-26-11-5-3-6-12-26/h3-21H,2,22H2,1H3,(H,31,33)/b30-21-. The van der Waals surface area contributed by atoms with Gasteiger partial charge in [-0.3, -0.25) is 9.10 Å². The number of nitrogens with zero attached hydrogens (tertiary/aromatic N) is 2. The number of carbonyl (C=O) groups is 1. The number of rotatable bonds is 11. The van der Waals surface area contributed by atoms with Crippen LogP contribution in [-0.4, -0.2) is 33.7 Å². The first-order chi connectivity index (χ1) is 18.5. The molecule has 8 nitrogen and oxygen atoms in total. The van der Waals surface area contributed by atoms with Gasteiger partial charge in [-0.25, -0.2) is 13.8 Å². The van der Waals surface area contributed by atoms with Crippen molar-refractivity contribution < 1.29 is 22.7 Å². The molecule has 0 aromatic heterocycles. The van der Waals surface area contributed by atoms with Crippen molar-refractivity contribution in [3.05, 3.63) is 115 Å². The first-order valence-corrected chi connectivity index (χ1v) is 13.4. The summed E-state index contributed by atoms with van der Waals surface area (Å²) in [6.45, 7) is 1.87. The summed E-state index contributed by atoms with van der Waals surface area (Å²) in [6.07, 6.45) is 1.46. The molecule has 0 saturated carbocycles. The summed E-state index contributed by atoms with van der Waals surface area (Å²) in [7, 11) is -4.02. The zero-order valence-electron chi connectivity index (χ0n) is 20.7. The molecule has 38 heavy (non-hydrogen) atoms. The Labute approximate surface area is 222 Å². The fourth-order valence-electron chi connectivity index (χ4n) is 3.54. The van der Waals surface area contributed by atoms with Gasteiger partial charge >= 0.3 is 0 Å². The Morgan fingerprint density at radius 2 is 1.50 bits per heavy atom. The molecule has 4 rings (SSSR count). The molecule has 1 amide bonds. The van der Waals surface area contributed by atoms with Crippen LogP contribution in [0.1, 0.15) is 12.5 Å². The van der Waals surface area contributed by atoms with Crippen molar-refractivity contribution in [1.29, 1.82) is 0 Å². The summed E-state index contributed by atoms with van der Waals surface area (Å²) in [4.78, 5) is 12.9. The second kappa shape index (κ2) is 12.6. The van der Waals surface area contributed by atoms with Crippen LogP contribution < -0.4 is 19.2 Å². The quantitative estimate of drug-likeness (QED) is 0.212. The van der Waals surface area contributed by atoms with Gasteiger partial charge in [0, 0.05) is 0 Å². The van der Waals surface area contributed by atoms with Gasteiger partial charge < -0.3 is 9.47 Å². The molecule has 0 aliphatic heterocycles. The summed E-state index contributed by atoms with van der Waals surface area (Å²) in [6, 6.07) is 31.0. The molecule has 0 radical (unpaired) electrons. The minimum atomic E-state index is -4.02. The normalized spacial score (nSPS) is 11.2. The lowest BCUT2D eigenvalue weighted by Gasteiger charge is -2.24. The second-order valence-electron chi connectivity index (χ2n) is 8.03. The average Bonchev–Trinajstić information content (AvgIpc) is 2.94. The van der Waals surface area contributed by atoms with Gasteiger partial charge in [-0.15, -0.1) is 0 Å². The highest BCUT2D eigenvalue weighted by Crippen LogP contribution is 2.26. The molecular formula is C29H27N3O5S. The number of benzene rings is 4. The number of carbonyl (C=O) groups excluding carboxylic acids is 1. The fraction of sp³-hybridized carbons (Fsp3) is 0.103. The largest absolute Gasteiger partial charge is 0.494 e. The van der Waals surface area contributed by atoms with E-state index < -0.39 is 22.5 Å². The van der Waals surface area contributed by atoms with Gasteiger partial charge in [-0.05, 0) is 73.2 Å². The summed E-state index contributed by atoms with van der Waals surface area (Å²) < 4.78 is 39.2. The Balaban J connectivity index is 1.48. The molecule has 194 valence electrons. The van der Waals surface area contributed by atoms with Gasteiger partial charge in [0.15, 0.2) is 0 Å². The average molecular weight is 530 g/mol. The van der Waals surface area contributed by atoms with Crippen LogP contribution in [0.4, 0.5) is 5.69 Å². The van der Waals surface area contributed by atoms with Gasteiger partial charge in [0.25, 0.3) is 15.9 Å². The van der Waals surface area contributed by atoms with E-state index in [9.17, 15) is 13.2 Å². The van der Waals surface area contributed by atoms with E-state index in [1.165, 1.54) is 18.3 Å². The summed E-state index contributed by atoms with van der Waals surface area (Å²) >= 11 is 0. The Morgan fingerprint density at radius 1 is 0.842 bits per heavy atom. The molecule has 0 fully saturated rings. The van der Waals surface area contributed by atoms with Gasteiger partial charge in [0.2, 0.25) is 0 Å². The van der Waals surface area contributed by atoms with Crippen LogP contribution in [0.5, 0.6) is 17.2 Å². The maximum Gasteiger partial charge on any atom is 0.264 e.